The van der Waals surface area contributed by atoms with Crippen LogP contribution in [0.4, 0.5) is 5.69 Å². The van der Waals surface area contributed by atoms with Crippen LogP contribution in [-0.4, -0.2) is 0 Å². The van der Waals surface area contributed by atoms with Crippen LogP contribution in [0.3, 0.4) is 0 Å². The first-order chi connectivity index (χ1) is 10.2. The van der Waals surface area contributed by atoms with Crippen molar-refractivity contribution in [2.45, 2.75) is 19.9 Å². The van der Waals surface area contributed by atoms with Gasteiger partial charge in [-0.25, -0.2) is 0 Å². The van der Waals surface area contributed by atoms with Crippen molar-refractivity contribution in [3.05, 3.63) is 89.4 Å². The fraction of sp³-hybridized carbons (Fsp3) is 0.158. The minimum Gasteiger partial charge on any atom is -0.467 e. The van der Waals surface area contributed by atoms with E-state index in [9.17, 15) is 0 Å². The summed E-state index contributed by atoms with van der Waals surface area (Å²) in [6.07, 6.45) is 1.72. The third kappa shape index (κ3) is 3.16. The van der Waals surface area contributed by atoms with Gasteiger partial charge < -0.3 is 9.73 Å². The SMILES string of the molecule is Cc1cc(C)cc(NC(c2ccccc2)c2ccco2)c1. The van der Waals surface area contributed by atoms with Crippen LogP contribution in [0, 0.1) is 13.8 Å². The van der Waals surface area contributed by atoms with E-state index in [1.54, 1.807) is 6.26 Å². The second-order valence-electron chi connectivity index (χ2n) is 5.38. The van der Waals surface area contributed by atoms with Gasteiger partial charge in [0.1, 0.15) is 11.8 Å². The van der Waals surface area contributed by atoms with E-state index in [0.29, 0.717) is 0 Å². The molecule has 0 radical (unpaired) electrons. The molecule has 3 aromatic rings. The van der Waals surface area contributed by atoms with E-state index in [2.05, 4.69) is 61.6 Å². The van der Waals surface area contributed by atoms with Gasteiger partial charge in [-0.15, -0.1) is 0 Å². The summed E-state index contributed by atoms with van der Waals surface area (Å²) in [7, 11) is 0. The van der Waals surface area contributed by atoms with E-state index in [1.165, 1.54) is 16.7 Å². The van der Waals surface area contributed by atoms with Crippen LogP contribution in [0.25, 0.3) is 0 Å². The van der Waals surface area contributed by atoms with Gasteiger partial charge in [-0.05, 0) is 54.8 Å². The Hall–Kier alpha value is -2.48. The summed E-state index contributed by atoms with van der Waals surface area (Å²) in [4.78, 5) is 0. The Bertz CT molecular complexity index is 681. The summed E-state index contributed by atoms with van der Waals surface area (Å²) in [5, 5.41) is 3.59. The number of anilines is 1. The van der Waals surface area contributed by atoms with Gasteiger partial charge in [0, 0.05) is 5.69 Å². The lowest BCUT2D eigenvalue weighted by atomic mass is 10.0. The van der Waals surface area contributed by atoms with Crippen LogP contribution in [0.2, 0.25) is 0 Å². The Balaban J connectivity index is 1.97. The third-order valence-electron chi connectivity index (χ3n) is 3.49. The molecular weight excluding hydrogens is 258 g/mol. The first kappa shape index (κ1) is 13.5. The molecule has 1 N–H and O–H groups in total. The molecule has 106 valence electrons. The number of hydrogen-bond donors (Lipinski definition) is 1. The molecule has 1 heterocycles. The molecule has 1 aromatic heterocycles. The Kier molecular flexibility index (Phi) is 3.78. The average Bonchev–Trinajstić information content (AvgIpc) is 2.98. The van der Waals surface area contributed by atoms with E-state index >= 15 is 0 Å². The Morgan fingerprint density at radius 1 is 0.857 bits per heavy atom. The van der Waals surface area contributed by atoms with E-state index in [-0.39, 0.29) is 6.04 Å². The van der Waals surface area contributed by atoms with Gasteiger partial charge >= 0.3 is 0 Å². The predicted molar refractivity (Wildman–Crippen MR) is 86.5 cm³/mol. The van der Waals surface area contributed by atoms with Gasteiger partial charge in [-0.2, -0.15) is 0 Å². The molecule has 1 atom stereocenters. The van der Waals surface area contributed by atoms with Crippen LogP contribution in [0.15, 0.2) is 71.3 Å². The molecule has 0 amide bonds. The lowest BCUT2D eigenvalue weighted by Crippen LogP contribution is -2.11. The molecule has 0 fully saturated rings. The second kappa shape index (κ2) is 5.88. The number of furan rings is 1. The summed E-state index contributed by atoms with van der Waals surface area (Å²) < 4.78 is 5.62. The molecule has 0 aliphatic heterocycles. The van der Waals surface area contributed by atoms with Gasteiger partial charge in [0.25, 0.3) is 0 Å². The molecule has 1 unspecified atom stereocenters. The van der Waals surface area contributed by atoms with Crippen molar-refractivity contribution >= 4 is 5.69 Å². The molecule has 3 rings (SSSR count). The molecule has 0 aliphatic carbocycles. The Morgan fingerprint density at radius 3 is 2.19 bits per heavy atom. The normalized spacial score (nSPS) is 12.1. The highest BCUT2D eigenvalue weighted by atomic mass is 16.3. The summed E-state index contributed by atoms with van der Waals surface area (Å²) in [5.74, 6) is 0.917. The molecule has 0 saturated heterocycles. The monoisotopic (exact) mass is 277 g/mol. The maximum atomic E-state index is 5.62. The zero-order valence-corrected chi connectivity index (χ0v) is 12.3. The molecule has 0 aliphatic rings. The van der Waals surface area contributed by atoms with Gasteiger partial charge in [-0.1, -0.05) is 36.4 Å². The topological polar surface area (TPSA) is 25.2 Å². The second-order valence-corrected chi connectivity index (χ2v) is 5.38. The van der Waals surface area contributed by atoms with Crippen molar-refractivity contribution in [2.75, 3.05) is 5.32 Å². The quantitative estimate of drug-likeness (QED) is 0.718. The number of benzene rings is 2. The van der Waals surface area contributed by atoms with Crippen molar-refractivity contribution < 1.29 is 4.42 Å². The fourth-order valence-electron chi connectivity index (χ4n) is 2.64. The molecule has 2 heteroatoms. The molecule has 2 nitrogen and oxygen atoms in total. The fourth-order valence-corrected chi connectivity index (χ4v) is 2.64. The molecule has 0 bridgehead atoms. The first-order valence-corrected chi connectivity index (χ1v) is 7.15. The Morgan fingerprint density at radius 2 is 1.57 bits per heavy atom. The van der Waals surface area contributed by atoms with Crippen LogP contribution < -0.4 is 5.32 Å². The van der Waals surface area contributed by atoms with E-state index in [1.807, 2.05) is 18.2 Å². The van der Waals surface area contributed by atoms with E-state index < -0.39 is 0 Å². The zero-order valence-electron chi connectivity index (χ0n) is 12.3. The van der Waals surface area contributed by atoms with Crippen LogP contribution in [-0.2, 0) is 0 Å². The van der Waals surface area contributed by atoms with Crippen molar-refractivity contribution in [1.29, 1.82) is 0 Å². The summed E-state index contributed by atoms with van der Waals surface area (Å²) in [6.45, 7) is 4.23. The van der Waals surface area contributed by atoms with Crippen LogP contribution in [0.5, 0.6) is 0 Å². The Labute approximate surface area is 125 Å². The lowest BCUT2D eigenvalue weighted by molar-refractivity contribution is 0.499. The first-order valence-electron chi connectivity index (χ1n) is 7.15. The van der Waals surface area contributed by atoms with Gasteiger partial charge in [0.05, 0.1) is 6.26 Å². The smallest absolute Gasteiger partial charge is 0.130 e. The average molecular weight is 277 g/mol. The molecule has 0 spiro atoms. The minimum absolute atomic E-state index is 0.0161. The maximum Gasteiger partial charge on any atom is 0.130 e. The van der Waals surface area contributed by atoms with Gasteiger partial charge in [0.15, 0.2) is 0 Å². The number of aryl methyl sites for hydroxylation is 2. The maximum absolute atomic E-state index is 5.62. The number of hydrogen-bond acceptors (Lipinski definition) is 2. The van der Waals surface area contributed by atoms with Gasteiger partial charge in [-0.3, -0.25) is 0 Å². The van der Waals surface area contributed by atoms with E-state index in [0.717, 1.165) is 11.4 Å². The van der Waals surface area contributed by atoms with Crippen molar-refractivity contribution in [3.8, 4) is 0 Å². The molecule has 21 heavy (non-hydrogen) atoms. The van der Waals surface area contributed by atoms with E-state index in [4.69, 9.17) is 4.42 Å². The molecular formula is C19H19NO. The highest BCUT2D eigenvalue weighted by molar-refractivity contribution is 5.51. The van der Waals surface area contributed by atoms with Crippen LogP contribution >= 0.6 is 0 Å². The highest BCUT2D eigenvalue weighted by Gasteiger charge is 2.16. The van der Waals surface area contributed by atoms with Crippen molar-refractivity contribution in [3.63, 3.8) is 0 Å². The predicted octanol–water partition coefficient (Wildman–Crippen LogP) is 5.10. The standard InChI is InChI=1S/C19H19NO/c1-14-11-15(2)13-17(12-14)20-19(18-9-6-10-21-18)16-7-4-3-5-8-16/h3-13,19-20H,1-2H3. The highest BCUT2D eigenvalue weighted by Crippen LogP contribution is 2.27. The minimum atomic E-state index is 0.0161. The largest absolute Gasteiger partial charge is 0.467 e. The summed E-state index contributed by atoms with van der Waals surface area (Å²) in [5.41, 5.74) is 4.80. The third-order valence-corrected chi connectivity index (χ3v) is 3.49. The van der Waals surface area contributed by atoms with Gasteiger partial charge in [0.2, 0.25) is 0 Å². The number of nitrogens with one attached hydrogen (secondary N) is 1. The van der Waals surface area contributed by atoms with Crippen molar-refractivity contribution in [1.82, 2.24) is 0 Å². The summed E-state index contributed by atoms with van der Waals surface area (Å²) in [6, 6.07) is 20.8. The van der Waals surface area contributed by atoms with Crippen LogP contribution in [0.1, 0.15) is 28.5 Å². The number of rotatable bonds is 4. The lowest BCUT2D eigenvalue weighted by Gasteiger charge is -2.19. The summed E-state index contributed by atoms with van der Waals surface area (Å²) >= 11 is 0. The van der Waals surface area contributed by atoms with Crippen molar-refractivity contribution in [2.24, 2.45) is 0 Å². The zero-order chi connectivity index (χ0) is 14.7. The molecule has 2 aromatic carbocycles. The molecule has 0 saturated carbocycles.